The molecule has 0 fully saturated rings. The molecule has 0 aliphatic rings. The average Bonchev–Trinajstić information content (AvgIpc) is 3.05. The van der Waals surface area contributed by atoms with E-state index in [0.29, 0.717) is 21.3 Å². The molecule has 2 aromatic carbocycles. The molecule has 120 valence electrons. The van der Waals surface area contributed by atoms with E-state index in [1.807, 2.05) is 36.6 Å². The second-order valence-electron chi connectivity index (χ2n) is 5.27. The molecule has 0 aliphatic heterocycles. The van der Waals surface area contributed by atoms with Crippen LogP contribution in [-0.2, 0) is 0 Å². The molecule has 3 nitrogen and oxygen atoms in total. The maximum Gasteiger partial charge on any atom is 0.258 e. The van der Waals surface area contributed by atoms with Crippen LogP contribution in [0.25, 0.3) is 0 Å². The third-order valence-corrected chi connectivity index (χ3v) is 4.47. The Labute approximate surface area is 149 Å². The first kappa shape index (κ1) is 16.4. The summed E-state index contributed by atoms with van der Waals surface area (Å²) < 4.78 is 0. The van der Waals surface area contributed by atoms with Crippen LogP contribution in [0.2, 0.25) is 5.02 Å². The summed E-state index contributed by atoms with van der Waals surface area (Å²) in [5.74, 6) is -0.186. The molecule has 24 heavy (non-hydrogen) atoms. The molecule has 3 aromatic rings. The number of halogens is 1. The fraction of sp³-hybridized carbons (Fsp3) is 0.0526. The first-order valence-corrected chi connectivity index (χ1v) is 8.63. The van der Waals surface area contributed by atoms with Gasteiger partial charge in [0.15, 0.2) is 0 Å². The summed E-state index contributed by atoms with van der Waals surface area (Å²) in [6, 6.07) is 16.8. The summed E-state index contributed by atoms with van der Waals surface area (Å²) in [4.78, 5) is 16.9. The Balaban J connectivity index is 1.75. The lowest BCUT2D eigenvalue weighted by atomic mass is 10.2. The molecule has 1 amide bonds. The Morgan fingerprint density at radius 2 is 1.79 bits per heavy atom. The van der Waals surface area contributed by atoms with Crippen LogP contribution >= 0.6 is 22.9 Å². The van der Waals surface area contributed by atoms with Gasteiger partial charge in [-0.1, -0.05) is 41.4 Å². The van der Waals surface area contributed by atoms with E-state index in [2.05, 4.69) is 10.3 Å². The van der Waals surface area contributed by atoms with Crippen molar-refractivity contribution in [3.05, 3.63) is 81.7 Å². The van der Waals surface area contributed by atoms with Crippen molar-refractivity contribution >= 4 is 45.7 Å². The van der Waals surface area contributed by atoms with Crippen LogP contribution in [0.4, 0.5) is 10.7 Å². The van der Waals surface area contributed by atoms with Crippen molar-refractivity contribution in [2.45, 2.75) is 6.92 Å². The zero-order valence-electron chi connectivity index (χ0n) is 13.0. The topological polar surface area (TPSA) is 41.5 Å². The van der Waals surface area contributed by atoms with E-state index >= 15 is 0 Å². The number of nitrogens with zero attached hydrogens (tertiary/aromatic N) is 1. The van der Waals surface area contributed by atoms with Gasteiger partial charge in [0.05, 0.1) is 5.56 Å². The zero-order valence-corrected chi connectivity index (χ0v) is 14.6. The minimum atomic E-state index is -0.186. The fourth-order valence-corrected chi connectivity index (χ4v) is 2.95. The van der Waals surface area contributed by atoms with Crippen molar-refractivity contribution in [1.82, 2.24) is 0 Å². The standard InChI is InChI=1S/C19H15ClN2OS/c1-13-2-4-14(5-3-13)12-21-19-17(10-11-24-19)18(23)22-16-8-6-15(20)7-9-16/h2-12H,1H3,(H,22,23). The molecule has 0 bridgehead atoms. The Bertz CT molecular complexity index is 867. The largest absolute Gasteiger partial charge is 0.322 e. The number of aliphatic imine (C=N–C) groups is 1. The van der Waals surface area contributed by atoms with Gasteiger partial charge in [-0.3, -0.25) is 4.79 Å². The molecule has 0 saturated carbocycles. The number of amides is 1. The zero-order chi connectivity index (χ0) is 16.9. The molecule has 3 rings (SSSR count). The van der Waals surface area contributed by atoms with E-state index in [4.69, 9.17) is 11.6 Å². The molecular formula is C19H15ClN2OS. The lowest BCUT2D eigenvalue weighted by Gasteiger charge is -2.04. The first-order valence-electron chi connectivity index (χ1n) is 7.37. The Morgan fingerprint density at radius 1 is 1.08 bits per heavy atom. The highest BCUT2D eigenvalue weighted by molar-refractivity contribution is 7.14. The maximum atomic E-state index is 12.4. The molecule has 5 heteroatoms. The number of aryl methyl sites for hydroxylation is 1. The lowest BCUT2D eigenvalue weighted by Crippen LogP contribution is -2.10. The second-order valence-corrected chi connectivity index (χ2v) is 6.60. The summed E-state index contributed by atoms with van der Waals surface area (Å²) >= 11 is 7.29. The Kier molecular flexibility index (Phi) is 5.08. The number of thiophene rings is 1. The lowest BCUT2D eigenvalue weighted by molar-refractivity contribution is 0.102. The Morgan fingerprint density at radius 3 is 2.50 bits per heavy atom. The highest BCUT2D eigenvalue weighted by Crippen LogP contribution is 2.27. The monoisotopic (exact) mass is 354 g/mol. The number of anilines is 1. The maximum absolute atomic E-state index is 12.4. The first-order chi connectivity index (χ1) is 11.6. The highest BCUT2D eigenvalue weighted by atomic mass is 35.5. The van der Waals surface area contributed by atoms with Crippen LogP contribution < -0.4 is 5.32 Å². The van der Waals surface area contributed by atoms with E-state index in [1.54, 1.807) is 36.5 Å². The normalized spacial score (nSPS) is 10.9. The molecule has 1 N–H and O–H groups in total. The van der Waals surface area contributed by atoms with E-state index in [0.717, 1.165) is 5.56 Å². The number of nitrogens with one attached hydrogen (secondary N) is 1. The summed E-state index contributed by atoms with van der Waals surface area (Å²) in [6.07, 6.45) is 1.77. The molecule has 0 radical (unpaired) electrons. The van der Waals surface area contributed by atoms with Crippen LogP contribution in [0.5, 0.6) is 0 Å². The third kappa shape index (κ3) is 4.10. The smallest absolute Gasteiger partial charge is 0.258 e. The number of hydrogen-bond donors (Lipinski definition) is 1. The number of hydrogen-bond acceptors (Lipinski definition) is 3. The summed E-state index contributed by atoms with van der Waals surface area (Å²) in [7, 11) is 0. The van der Waals surface area contributed by atoms with E-state index < -0.39 is 0 Å². The molecule has 0 unspecified atom stereocenters. The third-order valence-electron chi connectivity index (χ3n) is 3.40. The van der Waals surface area contributed by atoms with Crippen LogP contribution in [-0.4, -0.2) is 12.1 Å². The molecule has 0 aliphatic carbocycles. The van der Waals surface area contributed by atoms with Gasteiger partial charge in [0.1, 0.15) is 5.00 Å². The number of carbonyl (C=O) groups is 1. The van der Waals surface area contributed by atoms with E-state index in [1.165, 1.54) is 16.9 Å². The van der Waals surface area contributed by atoms with Crippen LogP contribution in [0, 0.1) is 6.92 Å². The summed E-state index contributed by atoms with van der Waals surface area (Å²) in [6.45, 7) is 2.04. The molecule has 0 atom stereocenters. The van der Waals surface area contributed by atoms with Crippen molar-refractivity contribution in [1.29, 1.82) is 0 Å². The van der Waals surface area contributed by atoms with Crippen molar-refractivity contribution in [3.8, 4) is 0 Å². The van der Waals surface area contributed by atoms with Gasteiger partial charge >= 0.3 is 0 Å². The Hall–Kier alpha value is -2.43. The van der Waals surface area contributed by atoms with E-state index in [-0.39, 0.29) is 5.91 Å². The van der Waals surface area contributed by atoms with Gasteiger partial charge in [0.25, 0.3) is 5.91 Å². The van der Waals surface area contributed by atoms with Gasteiger partial charge in [-0.2, -0.15) is 0 Å². The molecular weight excluding hydrogens is 340 g/mol. The van der Waals surface area contributed by atoms with Gasteiger partial charge in [-0.15, -0.1) is 11.3 Å². The average molecular weight is 355 g/mol. The molecule has 1 aromatic heterocycles. The minimum absolute atomic E-state index is 0.186. The number of carbonyl (C=O) groups excluding carboxylic acids is 1. The second kappa shape index (κ2) is 7.43. The number of benzene rings is 2. The van der Waals surface area contributed by atoms with Crippen LogP contribution in [0.15, 0.2) is 65.0 Å². The fourth-order valence-electron chi connectivity index (χ4n) is 2.09. The summed E-state index contributed by atoms with van der Waals surface area (Å²) in [5.41, 5.74) is 3.45. The minimum Gasteiger partial charge on any atom is -0.322 e. The van der Waals surface area contributed by atoms with Gasteiger partial charge in [-0.05, 0) is 48.2 Å². The molecule has 0 spiro atoms. The predicted molar refractivity (Wildman–Crippen MR) is 102 cm³/mol. The van der Waals surface area contributed by atoms with E-state index in [9.17, 15) is 4.79 Å². The SMILES string of the molecule is Cc1ccc(C=Nc2sccc2C(=O)Nc2ccc(Cl)cc2)cc1. The molecule has 0 saturated heterocycles. The van der Waals surface area contributed by atoms with Gasteiger partial charge in [0, 0.05) is 16.9 Å². The van der Waals surface area contributed by atoms with Gasteiger partial charge in [0.2, 0.25) is 0 Å². The van der Waals surface area contributed by atoms with Crippen molar-refractivity contribution in [3.63, 3.8) is 0 Å². The van der Waals surface area contributed by atoms with Crippen LogP contribution in [0.1, 0.15) is 21.5 Å². The van der Waals surface area contributed by atoms with Gasteiger partial charge in [-0.25, -0.2) is 4.99 Å². The van der Waals surface area contributed by atoms with Crippen molar-refractivity contribution in [2.75, 3.05) is 5.32 Å². The van der Waals surface area contributed by atoms with Crippen LogP contribution in [0.3, 0.4) is 0 Å². The van der Waals surface area contributed by atoms with Gasteiger partial charge < -0.3 is 5.32 Å². The molecule has 1 heterocycles. The highest BCUT2D eigenvalue weighted by Gasteiger charge is 2.12. The van der Waals surface area contributed by atoms with Crippen molar-refractivity contribution < 1.29 is 4.79 Å². The summed E-state index contributed by atoms with van der Waals surface area (Å²) in [5, 5.41) is 6.03. The number of rotatable bonds is 4. The quantitative estimate of drug-likeness (QED) is 0.599. The van der Waals surface area contributed by atoms with Crippen molar-refractivity contribution in [2.24, 2.45) is 4.99 Å². The predicted octanol–water partition coefficient (Wildman–Crippen LogP) is 5.71.